The molecule has 30 heavy (non-hydrogen) atoms. The molecule has 158 valence electrons. The molecule has 10 nitrogen and oxygen atoms in total. The first-order valence-electron chi connectivity index (χ1n) is 9.13. The van der Waals surface area contributed by atoms with Crippen molar-refractivity contribution in [2.24, 2.45) is 0 Å². The highest BCUT2D eigenvalue weighted by atomic mass is 32.2. The molecule has 1 unspecified atom stereocenters. The third kappa shape index (κ3) is 5.83. The normalized spacial score (nSPS) is 11.7. The number of anilines is 1. The van der Waals surface area contributed by atoms with Crippen LogP contribution in [0, 0.1) is 6.92 Å². The minimum Gasteiger partial charge on any atom is -0.497 e. The summed E-state index contributed by atoms with van der Waals surface area (Å²) in [6.45, 7) is 3.67. The Labute approximate surface area is 177 Å². The summed E-state index contributed by atoms with van der Waals surface area (Å²) in [6.07, 6.45) is 0. The van der Waals surface area contributed by atoms with E-state index in [1.807, 2.05) is 24.3 Å². The van der Waals surface area contributed by atoms with Gasteiger partial charge in [-0.2, -0.15) is 5.10 Å². The van der Waals surface area contributed by atoms with Crippen LogP contribution in [0.25, 0.3) is 11.4 Å². The number of methoxy groups -OCH3 is 1. The van der Waals surface area contributed by atoms with Gasteiger partial charge in [0.1, 0.15) is 17.3 Å². The van der Waals surface area contributed by atoms with Gasteiger partial charge in [0.15, 0.2) is 11.6 Å². The lowest BCUT2D eigenvalue weighted by atomic mass is 10.2. The molecule has 0 aliphatic rings. The average molecular weight is 430 g/mol. The van der Waals surface area contributed by atoms with E-state index in [1.165, 1.54) is 11.8 Å². The molecular weight excluding hydrogens is 408 g/mol. The second kappa shape index (κ2) is 9.92. The van der Waals surface area contributed by atoms with Gasteiger partial charge in [-0.3, -0.25) is 14.7 Å². The molecule has 0 spiro atoms. The predicted molar refractivity (Wildman–Crippen MR) is 112 cm³/mol. The number of aromatic amines is 1. The Morgan fingerprint density at radius 2 is 2.07 bits per heavy atom. The fraction of sp³-hybridized carbons (Fsp3) is 0.316. The summed E-state index contributed by atoms with van der Waals surface area (Å²) in [7, 11) is 1.60. The lowest BCUT2D eigenvalue weighted by Crippen LogP contribution is -2.28. The average Bonchev–Trinajstić information content (AvgIpc) is 3.39. The molecule has 1 aromatic carbocycles. The molecule has 2 aromatic heterocycles. The smallest absolute Gasteiger partial charge is 0.238 e. The van der Waals surface area contributed by atoms with Crippen molar-refractivity contribution >= 4 is 29.4 Å². The van der Waals surface area contributed by atoms with Crippen LogP contribution in [0.1, 0.15) is 18.5 Å². The molecule has 2 heterocycles. The van der Waals surface area contributed by atoms with Crippen molar-refractivity contribution in [3.05, 3.63) is 41.9 Å². The van der Waals surface area contributed by atoms with E-state index in [2.05, 4.69) is 31.0 Å². The second-order valence-electron chi connectivity index (χ2n) is 6.38. The standard InChI is InChI=1S/C19H22N6O4S/c1-11-8-15(25-29-11)22-19(27)12(2)30-10-17(26)20-9-16-21-18(24-23-16)13-4-6-14(28-3)7-5-13/h4-8,12H,9-10H2,1-3H3,(H,20,26)(H,21,23,24)(H,22,25,27). The van der Waals surface area contributed by atoms with E-state index < -0.39 is 5.25 Å². The molecule has 3 rings (SSSR count). The molecule has 3 N–H and O–H groups in total. The minimum absolute atomic E-state index is 0.131. The quantitative estimate of drug-likeness (QED) is 0.470. The number of nitrogens with one attached hydrogen (secondary N) is 3. The monoisotopic (exact) mass is 430 g/mol. The van der Waals surface area contributed by atoms with Crippen LogP contribution in [0.3, 0.4) is 0 Å². The van der Waals surface area contributed by atoms with Crippen molar-refractivity contribution in [1.29, 1.82) is 0 Å². The number of carbonyl (C=O) groups is 2. The van der Waals surface area contributed by atoms with E-state index >= 15 is 0 Å². The molecule has 0 bridgehead atoms. The molecule has 0 saturated carbocycles. The maximum Gasteiger partial charge on any atom is 0.238 e. The first kappa shape index (κ1) is 21.4. The van der Waals surface area contributed by atoms with Crippen molar-refractivity contribution in [2.75, 3.05) is 18.2 Å². The SMILES string of the molecule is COc1ccc(-c2n[nH]c(CNC(=O)CSC(C)C(=O)Nc3cc(C)on3)n2)cc1. The predicted octanol–water partition coefficient (Wildman–Crippen LogP) is 2.15. The summed E-state index contributed by atoms with van der Waals surface area (Å²) >= 11 is 1.22. The Bertz CT molecular complexity index is 1000. The molecule has 2 amide bonds. The molecular formula is C19H22N6O4S. The van der Waals surface area contributed by atoms with Crippen LogP contribution < -0.4 is 15.4 Å². The number of benzene rings is 1. The molecule has 1 atom stereocenters. The topological polar surface area (TPSA) is 135 Å². The van der Waals surface area contributed by atoms with Gasteiger partial charge < -0.3 is 19.9 Å². The zero-order valence-corrected chi connectivity index (χ0v) is 17.6. The van der Waals surface area contributed by atoms with Gasteiger partial charge in [0.05, 0.1) is 24.7 Å². The lowest BCUT2D eigenvalue weighted by Gasteiger charge is -2.10. The first-order chi connectivity index (χ1) is 14.4. The number of amides is 2. The van der Waals surface area contributed by atoms with Crippen molar-refractivity contribution in [2.45, 2.75) is 25.6 Å². The zero-order chi connectivity index (χ0) is 21.5. The molecule has 3 aromatic rings. The lowest BCUT2D eigenvalue weighted by molar-refractivity contribution is -0.118. The van der Waals surface area contributed by atoms with Crippen LogP contribution in [0.15, 0.2) is 34.9 Å². The Kier molecular flexibility index (Phi) is 7.07. The van der Waals surface area contributed by atoms with Crippen molar-refractivity contribution in [3.8, 4) is 17.1 Å². The van der Waals surface area contributed by atoms with Crippen LogP contribution in [0.2, 0.25) is 0 Å². The van der Waals surface area contributed by atoms with E-state index in [1.54, 1.807) is 27.0 Å². The number of rotatable bonds is 9. The number of hydrogen-bond donors (Lipinski definition) is 3. The van der Waals surface area contributed by atoms with Crippen LogP contribution in [-0.2, 0) is 16.1 Å². The third-order valence-electron chi connectivity index (χ3n) is 4.05. The Balaban J connectivity index is 1.42. The van der Waals surface area contributed by atoms with Gasteiger partial charge in [0.2, 0.25) is 11.8 Å². The van der Waals surface area contributed by atoms with Gasteiger partial charge in [-0.05, 0) is 38.1 Å². The van der Waals surface area contributed by atoms with E-state index in [9.17, 15) is 9.59 Å². The Morgan fingerprint density at radius 3 is 2.73 bits per heavy atom. The van der Waals surface area contributed by atoms with Gasteiger partial charge in [-0.1, -0.05) is 5.16 Å². The first-order valence-corrected chi connectivity index (χ1v) is 10.2. The molecule has 11 heteroatoms. The Morgan fingerprint density at radius 1 is 1.30 bits per heavy atom. The Hall–Kier alpha value is -3.34. The number of H-pyrrole nitrogens is 1. The van der Waals surface area contributed by atoms with Gasteiger partial charge in [-0.15, -0.1) is 11.8 Å². The highest BCUT2D eigenvalue weighted by molar-refractivity contribution is 8.01. The molecule has 0 aliphatic carbocycles. The molecule has 0 radical (unpaired) electrons. The third-order valence-corrected chi connectivity index (χ3v) is 5.19. The second-order valence-corrected chi connectivity index (χ2v) is 7.71. The van der Waals surface area contributed by atoms with Gasteiger partial charge in [0, 0.05) is 11.6 Å². The van der Waals surface area contributed by atoms with Gasteiger partial charge in [-0.25, -0.2) is 4.98 Å². The summed E-state index contributed by atoms with van der Waals surface area (Å²) in [5.74, 6) is 2.44. The highest BCUT2D eigenvalue weighted by Gasteiger charge is 2.17. The summed E-state index contributed by atoms with van der Waals surface area (Å²) < 4.78 is 10.0. The number of thioether (sulfide) groups is 1. The van der Waals surface area contributed by atoms with E-state index in [4.69, 9.17) is 9.26 Å². The van der Waals surface area contributed by atoms with Crippen LogP contribution >= 0.6 is 11.8 Å². The summed E-state index contributed by atoms with van der Waals surface area (Å²) in [6, 6.07) is 8.98. The van der Waals surface area contributed by atoms with Crippen molar-refractivity contribution in [3.63, 3.8) is 0 Å². The van der Waals surface area contributed by atoms with Crippen LogP contribution in [0.5, 0.6) is 5.75 Å². The van der Waals surface area contributed by atoms with Crippen LogP contribution in [0.4, 0.5) is 5.82 Å². The van der Waals surface area contributed by atoms with Gasteiger partial charge >= 0.3 is 0 Å². The van der Waals surface area contributed by atoms with Crippen LogP contribution in [-0.4, -0.2) is 50.3 Å². The summed E-state index contributed by atoms with van der Waals surface area (Å²) in [5.41, 5.74) is 0.835. The molecule has 0 fully saturated rings. The maximum atomic E-state index is 12.1. The fourth-order valence-corrected chi connectivity index (χ4v) is 3.12. The number of aryl methyl sites for hydroxylation is 1. The number of ether oxygens (including phenoxy) is 1. The minimum atomic E-state index is -0.431. The number of nitrogens with zero attached hydrogens (tertiary/aromatic N) is 3. The van der Waals surface area contributed by atoms with E-state index in [0.29, 0.717) is 23.2 Å². The molecule has 0 aliphatic heterocycles. The summed E-state index contributed by atoms with van der Waals surface area (Å²) in [5, 5.41) is 15.6. The number of hydrogen-bond acceptors (Lipinski definition) is 8. The zero-order valence-electron chi connectivity index (χ0n) is 16.8. The maximum absolute atomic E-state index is 12.1. The number of aromatic nitrogens is 4. The largest absolute Gasteiger partial charge is 0.497 e. The highest BCUT2D eigenvalue weighted by Crippen LogP contribution is 2.19. The van der Waals surface area contributed by atoms with Crippen molar-refractivity contribution in [1.82, 2.24) is 25.7 Å². The number of carbonyl (C=O) groups excluding carboxylic acids is 2. The molecule has 0 saturated heterocycles. The summed E-state index contributed by atoms with van der Waals surface area (Å²) in [4.78, 5) is 28.6. The van der Waals surface area contributed by atoms with Crippen molar-refractivity contribution < 1.29 is 18.8 Å². The fourth-order valence-electron chi connectivity index (χ4n) is 2.41. The van der Waals surface area contributed by atoms with E-state index in [0.717, 1.165) is 11.3 Å². The van der Waals surface area contributed by atoms with E-state index in [-0.39, 0.29) is 24.1 Å². The van der Waals surface area contributed by atoms with Gasteiger partial charge in [0.25, 0.3) is 0 Å².